The van der Waals surface area contributed by atoms with Crippen LogP contribution in [-0.4, -0.2) is 22.3 Å². The van der Waals surface area contributed by atoms with Gasteiger partial charge in [0.1, 0.15) is 11.4 Å². The Kier molecular flexibility index (Phi) is 3.62. The molecule has 132 valence electrons. The van der Waals surface area contributed by atoms with Crippen LogP contribution in [0.4, 0.5) is 0 Å². The van der Waals surface area contributed by atoms with Gasteiger partial charge in [-0.25, -0.2) is 0 Å². The summed E-state index contributed by atoms with van der Waals surface area (Å²) in [5.41, 5.74) is -0.944. The van der Waals surface area contributed by atoms with Gasteiger partial charge in [-0.2, -0.15) is 0 Å². The number of hydrogen-bond acceptors (Lipinski definition) is 3. The lowest BCUT2D eigenvalue weighted by Crippen LogP contribution is -2.56. The van der Waals surface area contributed by atoms with Gasteiger partial charge in [0.2, 0.25) is 0 Å². The minimum Gasteiger partial charge on any atom is -0.377 e. The van der Waals surface area contributed by atoms with Crippen molar-refractivity contribution in [2.24, 2.45) is 35.0 Å². The Balaban J connectivity index is 1.65. The Morgan fingerprint density at radius 2 is 1.88 bits per heavy atom. The van der Waals surface area contributed by atoms with Crippen LogP contribution in [0.15, 0.2) is 12.2 Å². The van der Waals surface area contributed by atoms with Gasteiger partial charge in [-0.05, 0) is 80.6 Å². The monoisotopic (exact) mass is 330 g/mol. The van der Waals surface area contributed by atoms with E-state index in [1.165, 1.54) is 6.92 Å². The lowest BCUT2D eigenvalue weighted by Gasteiger charge is -2.56. The maximum absolute atomic E-state index is 12.3. The van der Waals surface area contributed by atoms with E-state index in [1.807, 2.05) is 0 Å². The molecule has 0 aromatic carbocycles. The lowest BCUT2D eigenvalue weighted by atomic mass is 9.49. The van der Waals surface area contributed by atoms with E-state index in [0.717, 1.165) is 56.9 Å². The van der Waals surface area contributed by atoms with E-state index < -0.39 is 5.60 Å². The molecule has 0 heterocycles. The minimum atomic E-state index is -1.33. The Morgan fingerprint density at radius 3 is 2.58 bits per heavy atom. The molecular formula is C21H30O3. The molecule has 24 heavy (non-hydrogen) atoms. The molecule has 0 saturated heterocycles. The molecule has 4 saturated carbocycles. The molecule has 3 nitrogen and oxygen atoms in total. The third kappa shape index (κ3) is 1.94. The Labute approximate surface area is 144 Å². The van der Waals surface area contributed by atoms with Gasteiger partial charge in [0.25, 0.3) is 0 Å². The van der Waals surface area contributed by atoms with Crippen molar-refractivity contribution in [2.45, 2.75) is 70.8 Å². The van der Waals surface area contributed by atoms with Crippen molar-refractivity contribution in [1.29, 1.82) is 0 Å². The van der Waals surface area contributed by atoms with Crippen LogP contribution in [0.1, 0.15) is 65.2 Å². The van der Waals surface area contributed by atoms with E-state index in [1.54, 1.807) is 0 Å². The van der Waals surface area contributed by atoms with E-state index in [9.17, 15) is 14.7 Å². The van der Waals surface area contributed by atoms with E-state index >= 15 is 0 Å². The summed E-state index contributed by atoms with van der Waals surface area (Å²) < 4.78 is 0. The van der Waals surface area contributed by atoms with Crippen LogP contribution in [0.25, 0.3) is 0 Å². The highest BCUT2D eigenvalue weighted by Crippen LogP contribution is 2.66. The Hall–Kier alpha value is -0.960. The predicted molar refractivity (Wildman–Crippen MR) is 92.3 cm³/mol. The first kappa shape index (κ1) is 16.5. The molecule has 4 aliphatic carbocycles. The minimum absolute atomic E-state index is 0.132. The average molecular weight is 330 g/mol. The highest BCUT2D eigenvalue weighted by Gasteiger charge is 2.66. The molecule has 1 unspecified atom stereocenters. The van der Waals surface area contributed by atoms with Crippen LogP contribution in [0, 0.1) is 35.0 Å². The van der Waals surface area contributed by atoms with Crippen LogP contribution in [-0.2, 0) is 9.59 Å². The number of Topliss-reactive ketones (excluding diaryl/α,β-unsaturated/α-hetero) is 2. The number of fused-ring (bicyclic) bond motifs is 5. The number of rotatable bonds is 1. The van der Waals surface area contributed by atoms with Gasteiger partial charge in [-0.15, -0.1) is 0 Å². The SMILES string of the molecule is C=C1C[C@H]2[C@@H]3CCC4CC(=O)CC[C@@H]4[C@H]3CC[C@]2(C)[C@@]1(O)C(C)=O. The Bertz CT molecular complexity index is 608. The number of hydrogen-bond donors (Lipinski definition) is 1. The van der Waals surface area contributed by atoms with Gasteiger partial charge in [0.05, 0.1) is 0 Å². The molecule has 3 heteroatoms. The largest absolute Gasteiger partial charge is 0.377 e. The summed E-state index contributed by atoms with van der Waals surface area (Å²) in [6, 6.07) is 0. The summed E-state index contributed by atoms with van der Waals surface area (Å²) in [5, 5.41) is 11.3. The molecule has 4 fully saturated rings. The van der Waals surface area contributed by atoms with E-state index in [-0.39, 0.29) is 11.2 Å². The van der Waals surface area contributed by atoms with Crippen LogP contribution in [0.3, 0.4) is 0 Å². The first-order chi connectivity index (χ1) is 11.3. The van der Waals surface area contributed by atoms with Crippen molar-refractivity contribution in [2.75, 3.05) is 0 Å². The van der Waals surface area contributed by atoms with Crippen molar-refractivity contribution in [3.63, 3.8) is 0 Å². The highest BCUT2D eigenvalue weighted by molar-refractivity contribution is 5.90. The van der Waals surface area contributed by atoms with Crippen LogP contribution < -0.4 is 0 Å². The summed E-state index contributed by atoms with van der Waals surface area (Å²) in [6.45, 7) is 7.76. The molecule has 0 spiro atoms. The molecule has 0 bridgehead atoms. The number of ketones is 2. The summed E-state index contributed by atoms with van der Waals surface area (Å²) in [6.07, 6.45) is 7.71. The van der Waals surface area contributed by atoms with Gasteiger partial charge in [-0.1, -0.05) is 13.5 Å². The average Bonchev–Trinajstić information content (AvgIpc) is 2.75. The second-order valence-electron chi connectivity index (χ2n) is 9.25. The topological polar surface area (TPSA) is 54.4 Å². The maximum Gasteiger partial charge on any atom is 0.166 e. The fraction of sp³-hybridized carbons (Fsp3) is 0.810. The van der Waals surface area contributed by atoms with Gasteiger partial charge in [0, 0.05) is 18.3 Å². The summed E-state index contributed by atoms with van der Waals surface area (Å²) >= 11 is 0. The normalized spacial score (nSPS) is 50.9. The molecule has 0 aromatic rings. The smallest absolute Gasteiger partial charge is 0.166 e. The molecule has 0 amide bonds. The summed E-state index contributed by atoms with van der Waals surface area (Å²) in [7, 11) is 0. The number of carbonyl (C=O) groups is 2. The fourth-order valence-electron chi connectivity index (χ4n) is 7.27. The predicted octanol–water partition coefficient (Wildman–Crippen LogP) is 3.69. The van der Waals surface area contributed by atoms with Crippen LogP contribution in [0.5, 0.6) is 0 Å². The van der Waals surface area contributed by atoms with E-state index in [4.69, 9.17) is 0 Å². The lowest BCUT2D eigenvalue weighted by molar-refractivity contribution is -0.156. The Morgan fingerprint density at radius 1 is 1.12 bits per heavy atom. The highest BCUT2D eigenvalue weighted by atomic mass is 16.3. The van der Waals surface area contributed by atoms with Gasteiger partial charge < -0.3 is 5.11 Å². The molecule has 4 aliphatic rings. The van der Waals surface area contributed by atoms with Gasteiger partial charge in [0.15, 0.2) is 5.78 Å². The number of aliphatic hydroxyl groups is 1. The second-order valence-corrected chi connectivity index (χ2v) is 9.25. The van der Waals surface area contributed by atoms with Gasteiger partial charge >= 0.3 is 0 Å². The maximum atomic E-state index is 12.3. The summed E-state index contributed by atoms with van der Waals surface area (Å²) in [4.78, 5) is 24.1. The molecule has 0 aromatic heterocycles. The molecule has 4 rings (SSSR count). The van der Waals surface area contributed by atoms with Crippen LogP contribution >= 0.6 is 0 Å². The van der Waals surface area contributed by atoms with Crippen molar-refractivity contribution < 1.29 is 14.7 Å². The standard InChI is InChI=1S/C21H30O3/c1-12-10-19-18-6-4-14-11-15(23)5-7-16(14)17(18)8-9-20(19,3)21(12,24)13(2)22/h14,16-19,24H,1,4-11H2,2-3H3/t14?,16-,17+,18+,19-,20-,21-/m0/s1. The zero-order valence-electron chi connectivity index (χ0n) is 15.0. The molecule has 0 aliphatic heterocycles. The van der Waals surface area contributed by atoms with Crippen molar-refractivity contribution >= 4 is 11.6 Å². The third-order valence-corrected chi connectivity index (χ3v) is 8.47. The second kappa shape index (κ2) is 5.27. The first-order valence-corrected chi connectivity index (χ1v) is 9.72. The zero-order valence-corrected chi connectivity index (χ0v) is 15.0. The first-order valence-electron chi connectivity index (χ1n) is 9.72. The molecular weight excluding hydrogens is 300 g/mol. The van der Waals surface area contributed by atoms with E-state index in [2.05, 4.69) is 13.5 Å². The van der Waals surface area contributed by atoms with E-state index in [0.29, 0.717) is 35.4 Å². The van der Waals surface area contributed by atoms with Crippen molar-refractivity contribution in [3.8, 4) is 0 Å². The van der Waals surface area contributed by atoms with Crippen molar-refractivity contribution in [1.82, 2.24) is 0 Å². The number of carbonyl (C=O) groups excluding carboxylic acids is 2. The third-order valence-electron chi connectivity index (χ3n) is 8.47. The molecule has 0 radical (unpaired) electrons. The summed E-state index contributed by atoms with van der Waals surface area (Å²) in [5.74, 6) is 3.23. The zero-order chi connectivity index (χ0) is 17.3. The van der Waals surface area contributed by atoms with Crippen LogP contribution in [0.2, 0.25) is 0 Å². The quantitative estimate of drug-likeness (QED) is 0.746. The van der Waals surface area contributed by atoms with Crippen molar-refractivity contribution in [3.05, 3.63) is 12.2 Å². The molecule has 7 atom stereocenters. The fourth-order valence-corrected chi connectivity index (χ4v) is 7.27. The molecule has 1 N–H and O–H groups in total. The van der Waals surface area contributed by atoms with Gasteiger partial charge in [-0.3, -0.25) is 9.59 Å².